The molecule has 0 aromatic heterocycles. The molecule has 0 bridgehead atoms. The van der Waals surface area contributed by atoms with E-state index in [1.165, 1.54) is 13.0 Å². The van der Waals surface area contributed by atoms with Crippen LogP contribution in [0.3, 0.4) is 0 Å². The van der Waals surface area contributed by atoms with Crippen LogP contribution in [0.5, 0.6) is 0 Å². The highest BCUT2D eigenvalue weighted by atomic mass is 79.9. The van der Waals surface area contributed by atoms with E-state index < -0.39 is 0 Å². The van der Waals surface area contributed by atoms with Gasteiger partial charge in [-0.15, -0.1) is 0 Å². The zero-order chi connectivity index (χ0) is 10.7. The molecule has 0 aliphatic rings. The Morgan fingerprint density at radius 2 is 2.21 bits per heavy atom. The lowest BCUT2D eigenvalue weighted by Crippen LogP contribution is -2.23. The van der Waals surface area contributed by atoms with Gasteiger partial charge in [-0.3, -0.25) is 4.79 Å². The molecule has 1 amide bonds. The minimum absolute atomic E-state index is 0.0991. The van der Waals surface area contributed by atoms with Crippen molar-refractivity contribution in [1.82, 2.24) is 5.32 Å². The summed E-state index contributed by atoms with van der Waals surface area (Å²) in [5, 5.41) is 2.72. The third-order valence-corrected chi connectivity index (χ3v) is 2.47. The molecule has 1 aromatic rings. The van der Waals surface area contributed by atoms with Gasteiger partial charge >= 0.3 is 0 Å². The first-order valence-electron chi connectivity index (χ1n) is 4.22. The molecule has 1 unspecified atom stereocenters. The fourth-order valence-electron chi connectivity index (χ4n) is 1.17. The van der Waals surface area contributed by atoms with E-state index in [1.54, 1.807) is 12.1 Å². The SMILES string of the molecule is CC(=O)NC(C)c1ccc(F)c(Br)c1. The van der Waals surface area contributed by atoms with E-state index in [0.717, 1.165) is 5.56 Å². The summed E-state index contributed by atoms with van der Waals surface area (Å²) < 4.78 is 13.3. The predicted molar refractivity (Wildman–Crippen MR) is 56.3 cm³/mol. The highest BCUT2D eigenvalue weighted by Gasteiger charge is 2.08. The molecule has 0 saturated heterocycles. The van der Waals surface area contributed by atoms with Crippen molar-refractivity contribution in [3.63, 3.8) is 0 Å². The van der Waals surface area contributed by atoms with Crippen LogP contribution in [-0.4, -0.2) is 5.91 Å². The summed E-state index contributed by atoms with van der Waals surface area (Å²) in [7, 11) is 0. The standard InChI is InChI=1S/C10H11BrFNO/c1-6(13-7(2)14)8-3-4-10(12)9(11)5-8/h3-6H,1-2H3,(H,13,14). The van der Waals surface area contributed by atoms with Gasteiger partial charge in [0.15, 0.2) is 0 Å². The topological polar surface area (TPSA) is 29.1 Å². The van der Waals surface area contributed by atoms with Crippen molar-refractivity contribution in [3.8, 4) is 0 Å². The van der Waals surface area contributed by atoms with E-state index in [0.29, 0.717) is 4.47 Å². The van der Waals surface area contributed by atoms with Crippen LogP contribution in [0.4, 0.5) is 4.39 Å². The average Bonchev–Trinajstić information content (AvgIpc) is 2.08. The fourth-order valence-corrected chi connectivity index (χ4v) is 1.57. The van der Waals surface area contributed by atoms with Crippen LogP contribution in [0.2, 0.25) is 0 Å². The van der Waals surface area contributed by atoms with E-state index >= 15 is 0 Å². The van der Waals surface area contributed by atoms with Gasteiger partial charge < -0.3 is 5.32 Å². The van der Waals surface area contributed by atoms with Gasteiger partial charge in [0.25, 0.3) is 0 Å². The third kappa shape index (κ3) is 2.80. The van der Waals surface area contributed by atoms with Gasteiger partial charge in [0.1, 0.15) is 5.82 Å². The first-order valence-corrected chi connectivity index (χ1v) is 5.02. The van der Waals surface area contributed by atoms with E-state index in [9.17, 15) is 9.18 Å². The van der Waals surface area contributed by atoms with Crippen molar-refractivity contribution in [2.24, 2.45) is 0 Å². The lowest BCUT2D eigenvalue weighted by molar-refractivity contribution is -0.119. The maximum Gasteiger partial charge on any atom is 0.217 e. The minimum atomic E-state index is -0.302. The number of hydrogen-bond donors (Lipinski definition) is 1. The Hall–Kier alpha value is -0.900. The van der Waals surface area contributed by atoms with Crippen LogP contribution in [0.1, 0.15) is 25.5 Å². The number of halogens is 2. The maximum absolute atomic E-state index is 12.9. The summed E-state index contributed by atoms with van der Waals surface area (Å²) in [5.74, 6) is -0.401. The lowest BCUT2D eigenvalue weighted by Gasteiger charge is -2.13. The molecule has 0 spiro atoms. The van der Waals surface area contributed by atoms with E-state index in [2.05, 4.69) is 21.2 Å². The number of benzene rings is 1. The molecule has 76 valence electrons. The molecule has 1 atom stereocenters. The number of carbonyl (C=O) groups excluding carboxylic acids is 1. The minimum Gasteiger partial charge on any atom is -0.350 e. The maximum atomic E-state index is 12.9. The predicted octanol–water partition coefficient (Wildman–Crippen LogP) is 2.79. The van der Waals surface area contributed by atoms with E-state index in [1.807, 2.05) is 6.92 Å². The molecule has 0 saturated carbocycles. The smallest absolute Gasteiger partial charge is 0.217 e. The molecule has 14 heavy (non-hydrogen) atoms. The molecule has 1 N–H and O–H groups in total. The van der Waals surface area contributed by atoms with Crippen LogP contribution >= 0.6 is 15.9 Å². The van der Waals surface area contributed by atoms with Gasteiger partial charge in [-0.05, 0) is 40.5 Å². The van der Waals surface area contributed by atoms with E-state index in [-0.39, 0.29) is 17.8 Å². The molecule has 4 heteroatoms. The summed E-state index contributed by atoms with van der Waals surface area (Å²) in [5.41, 5.74) is 0.869. The summed E-state index contributed by atoms with van der Waals surface area (Å²) in [6, 6.07) is 4.58. The Bertz CT molecular complexity index is 354. The van der Waals surface area contributed by atoms with Gasteiger partial charge in [-0.25, -0.2) is 4.39 Å². The fraction of sp³-hybridized carbons (Fsp3) is 0.300. The Balaban J connectivity index is 2.85. The van der Waals surface area contributed by atoms with Crippen LogP contribution < -0.4 is 5.32 Å². The van der Waals surface area contributed by atoms with Crippen molar-refractivity contribution in [3.05, 3.63) is 34.1 Å². The molecule has 1 rings (SSSR count). The monoisotopic (exact) mass is 259 g/mol. The van der Waals surface area contributed by atoms with E-state index in [4.69, 9.17) is 0 Å². The Morgan fingerprint density at radius 1 is 1.57 bits per heavy atom. The second-order valence-corrected chi connectivity index (χ2v) is 3.95. The quantitative estimate of drug-likeness (QED) is 0.870. The van der Waals surface area contributed by atoms with Crippen molar-refractivity contribution >= 4 is 21.8 Å². The first-order chi connectivity index (χ1) is 6.50. The number of rotatable bonds is 2. The van der Waals surface area contributed by atoms with Crippen LogP contribution in [-0.2, 0) is 4.79 Å². The average molecular weight is 260 g/mol. The zero-order valence-corrected chi connectivity index (χ0v) is 9.56. The normalized spacial score (nSPS) is 12.3. The first kappa shape index (κ1) is 11.2. The molecular formula is C10H11BrFNO. The largest absolute Gasteiger partial charge is 0.350 e. The lowest BCUT2D eigenvalue weighted by atomic mass is 10.1. The molecular weight excluding hydrogens is 249 g/mol. The summed E-state index contributed by atoms with van der Waals surface area (Å²) >= 11 is 3.09. The van der Waals surface area contributed by atoms with Crippen molar-refractivity contribution in [2.75, 3.05) is 0 Å². The molecule has 1 aromatic carbocycles. The molecule has 0 aliphatic heterocycles. The highest BCUT2D eigenvalue weighted by molar-refractivity contribution is 9.10. The van der Waals surface area contributed by atoms with Gasteiger partial charge in [-0.2, -0.15) is 0 Å². The van der Waals surface area contributed by atoms with Crippen LogP contribution in [0, 0.1) is 5.82 Å². The second-order valence-electron chi connectivity index (χ2n) is 3.10. The Morgan fingerprint density at radius 3 is 2.71 bits per heavy atom. The summed E-state index contributed by atoms with van der Waals surface area (Å²) in [6.45, 7) is 3.30. The highest BCUT2D eigenvalue weighted by Crippen LogP contribution is 2.20. The number of amides is 1. The third-order valence-electron chi connectivity index (χ3n) is 1.86. The van der Waals surface area contributed by atoms with Crippen LogP contribution in [0.25, 0.3) is 0 Å². The number of carbonyl (C=O) groups is 1. The second kappa shape index (κ2) is 4.55. The van der Waals surface area contributed by atoms with Gasteiger partial charge in [0.05, 0.1) is 10.5 Å². The van der Waals surface area contributed by atoms with Crippen molar-refractivity contribution in [2.45, 2.75) is 19.9 Å². The van der Waals surface area contributed by atoms with Gasteiger partial charge in [0, 0.05) is 6.92 Å². The summed E-state index contributed by atoms with van der Waals surface area (Å²) in [4.78, 5) is 10.8. The molecule has 0 radical (unpaired) electrons. The summed E-state index contributed by atoms with van der Waals surface area (Å²) in [6.07, 6.45) is 0. The molecule has 0 heterocycles. The van der Waals surface area contributed by atoms with Crippen molar-refractivity contribution in [1.29, 1.82) is 0 Å². The van der Waals surface area contributed by atoms with Gasteiger partial charge in [-0.1, -0.05) is 6.07 Å². The Kier molecular flexibility index (Phi) is 3.63. The zero-order valence-electron chi connectivity index (χ0n) is 7.97. The number of nitrogens with one attached hydrogen (secondary N) is 1. The van der Waals surface area contributed by atoms with Crippen molar-refractivity contribution < 1.29 is 9.18 Å². The molecule has 2 nitrogen and oxygen atoms in total. The van der Waals surface area contributed by atoms with Crippen LogP contribution in [0.15, 0.2) is 22.7 Å². The number of hydrogen-bond acceptors (Lipinski definition) is 1. The molecule has 0 fully saturated rings. The Labute approximate surface area is 90.6 Å². The van der Waals surface area contributed by atoms with Gasteiger partial charge in [0.2, 0.25) is 5.91 Å². The molecule has 0 aliphatic carbocycles.